The van der Waals surface area contributed by atoms with Crippen LogP contribution in [0.25, 0.3) is 5.70 Å². The number of likely N-dealkylation sites (N-methyl/N-ethyl adjacent to an activating group) is 1. The van der Waals surface area contributed by atoms with Crippen molar-refractivity contribution in [3.8, 4) is 0 Å². The lowest BCUT2D eigenvalue weighted by molar-refractivity contribution is 0.184. The van der Waals surface area contributed by atoms with Crippen LogP contribution in [-0.2, 0) is 0 Å². The molecule has 2 rings (SSSR count). The summed E-state index contributed by atoms with van der Waals surface area (Å²) in [6.45, 7) is 13.3. The monoisotopic (exact) mass is 313 g/mol. The smallest absolute Gasteiger partial charge is 0.0543 e. The Balaban J connectivity index is 1.81. The molecule has 1 aromatic rings. The summed E-state index contributed by atoms with van der Waals surface area (Å²) in [6.07, 6.45) is 3.17. The molecule has 1 aliphatic rings. The normalized spacial score (nSPS) is 15.6. The topological polar surface area (TPSA) is 56.6 Å². The average Bonchev–Trinajstić information content (AvgIpc) is 2.58. The highest BCUT2D eigenvalue weighted by Gasteiger charge is 2.14. The second kappa shape index (κ2) is 8.29. The van der Waals surface area contributed by atoms with Crippen molar-refractivity contribution in [1.82, 2.24) is 15.1 Å². The minimum absolute atomic E-state index is 0.721. The number of nitrogens with zero attached hydrogens (tertiary/aromatic N) is 2. The van der Waals surface area contributed by atoms with E-state index in [1.165, 1.54) is 6.20 Å². The van der Waals surface area contributed by atoms with Crippen LogP contribution in [0.5, 0.6) is 0 Å². The molecule has 1 aliphatic heterocycles. The Kier molecular flexibility index (Phi) is 6.11. The van der Waals surface area contributed by atoms with E-state index in [1.807, 2.05) is 24.3 Å². The summed E-state index contributed by atoms with van der Waals surface area (Å²) in [4.78, 5) is 4.68. The van der Waals surface area contributed by atoms with Crippen molar-refractivity contribution in [1.29, 1.82) is 0 Å². The lowest BCUT2D eigenvalue weighted by Crippen LogP contribution is -2.45. The van der Waals surface area contributed by atoms with Crippen LogP contribution in [0.2, 0.25) is 0 Å². The van der Waals surface area contributed by atoms with E-state index in [4.69, 9.17) is 5.73 Å². The Bertz CT molecular complexity index is 553. The third-order valence-electron chi connectivity index (χ3n) is 4.04. The van der Waals surface area contributed by atoms with E-state index in [2.05, 4.69) is 40.6 Å². The number of rotatable bonds is 7. The molecule has 4 N–H and O–H groups in total. The van der Waals surface area contributed by atoms with Gasteiger partial charge in [0.05, 0.1) is 6.54 Å². The largest absolute Gasteiger partial charge is 0.403 e. The number of anilines is 1. The fourth-order valence-corrected chi connectivity index (χ4v) is 2.46. The van der Waals surface area contributed by atoms with Crippen LogP contribution >= 0.6 is 0 Å². The molecular weight excluding hydrogens is 286 g/mol. The number of nitrogens with two attached hydrogens (primary N) is 1. The number of piperazine rings is 1. The standard InChI is InChI=1S/C18H27N5/c1-15(23-12-10-22(3)11-13-23)14-21-16(2)17-4-6-18(7-5-17)20-9-8-19/h4-9,20-21H,1-2,10-14,19H2,3H3/b9-8-. The van der Waals surface area contributed by atoms with E-state index in [0.717, 1.165) is 55.4 Å². The van der Waals surface area contributed by atoms with Crippen molar-refractivity contribution in [3.05, 3.63) is 61.1 Å². The molecule has 124 valence electrons. The molecular formula is C18H27N5. The molecule has 5 heteroatoms. The quantitative estimate of drug-likeness (QED) is 0.717. The summed E-state index contributed by atoms with van der Waals surface area (Å²) in [7, 11) is 2.15. The fourth-order valence-electron chi connectivity index (χ4n) is 2.46. The van der Waals surface area contributed by atoms with Gasteiger partial charge < -0.3 is 26.2 Å². The molecule has 23 heavy (non-hydrogen) atoms. The number of nitrogens with one attached hydrogen (secondary N) is 2. The molecule has 1 aromatic carbocycles. The van der Waals surface area contributed by atoms with E-state index in [9.17, 15) is 0 Å². The summed E-state index contributed by atoms with van der Waals surface area (Å²) in [5, 5.41) is 6.44. The third kappa shape index (κ3) is 5.07. The Morgan fingerprint density at radius 3 is 2.43 bits per heavy atom. The van der Waals surface area contributed by atoms with Gasteiger partial charge in [0.2, 0.25) is 0 Å². The van der Waals surface area contributed by atoms with Gasteiger partial charge in [-0.2, -0.15) is 0 Å². The van der Waals surface area contributed by atoms with Gasteiger partial charge in [0.15, 0.2) is 0 Å². The second-order valence-corrected chi connectivity index (χ2v) is 5.77. The average molecular weight is 313 g/mol. The molecule has 0 aliphatic carbocycles. The molecule has 5 nitrogen and oxygen atoms in total. The van der Waals surface area contributed by atoms with E-state index < -0.39 is 0 Å². The molecule has 0 unspecified atom stereocenters. The predicted octanol–water partition coefficient (Wildman–Crippen LogP) is 1.85. The summed E-state index contributed by atoms with van der Waals surface area (Å²) in [6, 6.07) is 8.05. The van der Waals surface area contributed by atoms with Crippen molar-refractivity contribution in [3.63, 3.8) is 0 Å². The van der Waals surface area contributed by atoms with Crippen molar-refractivity contribution in [2.45, 2.75) is 0 Å². The van der Waals surface area contributed by atoms with Gasteiger partial charge in [-0.25, -0.2) is 0 Å². The van der Waals surface area contributed by atoms with Gasteiger partial charge in [0.25, 0.3) is 0 Å². The highest BCUT2D eigenvalue weighted by atomic mass is 15.3. The van der Waals surface area contributed by atoms with Gasteiger partial charge in [-0.3, -0.25) is 0 Å². The summed E-state index contributed by atoms with van der Waals surface area (Å²) in [5.74, 6) is 0. The second-order valence-electron chi connectivity index (χ2n) is 5.77. The molecule has 1 saturated heterocycles. The maximum atomic E-state index is 5.31. The van der Waals surface area contributed by atoms with Gasteiger partial charge in [-0.05, 0) is 24.7 Å². The molecule has 0 atom stereocenters. The molecule has 0 spiro atoms. The lowest BCUT2D eigenvalue weighted by Gasteiger charge is -2.35. The minimum atomic E-state index is 0.721. The first-order valence-electron chi connectivity index (χ1n) is 7.88. The van der Waals surface area contributed by atoms with Crippen molar-refractivity contribution >= 4 is 11.4 Å². The molecule has 0 radical (unpaired) electrons. The Morgan fingerprint density at radius 1 is 1.17 bits per heavy atom. The van der Waals surface area contributed by atoms with Gasteiger partial charge >= 0.3 is 0 Å². The first-order valence-corrected chi connectivity index (χ1v) is 7.88. The zero-order valence-electron chi connectivity index (χ0n) is 13.9. The number of benzene rings is 1. The van der Waals surface area contributed by atoms with Crippen molar-refractivity contribution in [2.75, 3.05) is 45.1 Å². The van der Waals surface area contributed by atoms with E-state index >= 15 is 0 Å². The summed E-state index contributed by atoms with van der Waals surface area (Å²) in [5.41, 5.74) is 9.39. The van der Waals surface area contributed by atoms with Crippen LogP contribution in [0.3, 0.4) is 0 Å². The Hall–Kier alpha value is -2.40. The molecule has 1 heterocycles. The fraction of sp³-hybridized carbons (Fsp3) is 0.333. The summed E-state index contributed by atoms with van der Waals surface area (Å²) >= 11 is 0. The van der Waals surface area contributed by atoms with Crippen molar-refractivity contribution < 1.29 is 0 Å². The van der Waals surface area contributed by atoms with Crippen molar-refractivity contribution in [2.24, 2.45) is 5.73 Å². The first-order chi connectivity index (χ1) is 11.1. The SMILES string of the molecule is C=C(NCC(=C)N1CCN(C)CC1)c1ccc(N/C=C\N)cc1. The van der Waals surface area contributed by atoms with Gasteiger partial charge in [-0.1, -0.05) is 25.3 Å². The lowest BCUT2D eigenvalue weighted by atomic mass is 10.1. The van der Waals surface area contributed by atoms with Crippen LogP contribution in [0.1, 0.15) is 5.56 Å². The highest BCUT2D eigenvalue weighted by Crippen LogP contribution is 2.15. The van der Waals surface area contributed by atoms with Gasteiger partial charge in [0.1, 0.15) is 0 Å². The predicted molar refractivity (Wildman–Crippen MR) is 98.6 cm³/mol. The van der Waals surface area contributed by atoms with Crippen LogP contribution in [0.4, 0.5) is 5.69 Å². The highest BCUT2D eigenvalue weighted by molar-refractivity contribution is 5.64. The van der Waals surface area contributed by atoms with E-state index in [0.29, 0.717) is 0 Å². The van der Waals surface area contributed by atoms with E-state index in [-0.39, 0.29) is 0 Å². The number of hydrogen-bond acceptors (Lipinski definition) is 5. The van der Waals surface area contributed by atoms with Gasteiger partial charge in [-0.15, -0.1) is 0 Å². The molecule has 0 amide bonds. The Labute approximate surface area is 139 Å². The minimum Gasteiger partial charge on any atom is -0.403 e. The summed E-state index contributed by atoms with van der Waals surface area (Å²) < 4.78 is 0. The zero-order valence-corrected chi connectivity index (χ0v) is 13.9. The maximum Gasteiger partial charge on any atom is 0.0543 e. The van der Waals surface area contributed by atoms with Crippen LogP contribution in [0, 0.1) is 0 Å². The first kappa shape index (κ1) is 17.0. The number of hydrogen-bond donors (Lipinski definition) is 3. The van der Waals surface area contributed by atoms with Crippen LogP contribution < -0.4 is 16.4 Å². The Morgan fingerprint density at radius 2 is 1.83 bits per heavy atom. The van der Waals surface area contributed by atoms with Gasteiger partial charge in [0, 0.05) is 55.7 Å². The molecule has 0 saturated carbocycles. The third-order valence-corrected chi connectivity index (χ3v) is 4.04. The van der Waals surface area contributed by atoms with Crippen LogP contribution in [0.15, 0.2) is 55.5 Å². The maximum absolute atomic E-state index is 5.31. The van der Waals surface area contributed by atoms with E-state index in [1.54, 1.807) is 6.20 Å². The molecule has 0 bridgehead atoms. The van der Waals surface area contributed by atoms with Crippen LogP contribution in [-0.4, -0.2) is 49.6 Å². The molecule has 1 fully saturated rings. The molecule has 0 aromatic heterocycles. The zero-order chi connectivity index (χ0) is 16.7.